The van der Waals surface area contributed by atoms with Crippen molar-refractivity contribution in [1.82, 2.24) is 10.2 Å². The van der Waals surface area contributed by atoms with Crippen molar-refractivity contribution in [3.05, 3.63) is 0 Å². The van der Waals surface area contributed by atoms with E-state index < -0.39 is 0 Å². The summed E-state index contributed by atoms with van der Waals surface area (Å²) in [5.41, 5.74) is 0. The molecule has 0 aromatic heterocycles. The summed E-state index contributed by atoms with van der Waals surface area (Å²) in [4.78, 5) is 2.29. The van der Waals surface area contributed by atoms with E-state index in [1.807, 2.05) is 0 Å². The molecular weight excluding hydrogens is 184 g/mol. The van der Waals surface area contributed by atoms with Crippen LogP contribution in [0.5, 0.6) is 0 Å². The van der Waals surface area contributed by atoms with Crippen LogP contribution in [0.1, 0.15) is 46.0 Å². The Hall–Kier alpha value is -0.0800. The topological polar surface area (TPSA) is 15.3 Å². The molecule has 1 atom stereocenters. The van der Waals surface area contributed by atoms with Gasteiger partial charge in [-0.2, -0.15) is 0 Å². The van der Waals surface area contributed by atoms with Crippen LogP contribution in [0.15, 0.2) is 0 Å². The van der Waals surface area contributed by atoms with E-state index in [4.69, 9.17) is 0 Å². The van der Waals surface area contributed by atoms with Gasteiger partial charge in [0.05, 0.1) is 0 Å². The van der Waals surface area contributed by atoms with Gasteiger partial charge in [0.1, 0.15) is 0 Å². The van der Waals surface area contributed by atoms with Crippen LogP contribution in [0.4, 0.5) is 0 Å². The van der Waals surface area contributed by atoms with Gasteiger partial charge in [0.15, 0.2) is 0 Å². The molecule has 0 aromatic carbocycles. The van der Waals surface area contributed by atoms with E-state index in [-0.39, 0.29) is 0 Å². The Balaban J connectivity index is 2.35. The van der Waals surface area contributed by atoms with Gasteiger partial charge < -0.3 is 10.2 Å². The molecule has 1 aliphatic carbocycles. The van der Waals surface area contributed by atoms with Gasteiger partial charge in [-0.3, -0.25) is 0 Å². The minimum absolute atomic E-state index is 0.656. The molecule has 0 spiro atoms. The molecule has 0 bridgehead atoms. The van der Waals surface area contributed by atoms with Crippen LogP contribution in [0.2, 0.25) is 0 Å². The number of nitrogens with one attached hydrogen (secondary N) is 1. The van der Waals surface area contributed by atoms with Gasteiger partial charge in [0, 0.05) is 18.6 Å². The average molecular weight is 212 g/mol. The second-order valence-electron chi connectivity index (χ2n) is 5.61. The van der Waals surface area contributed by atoms with Crippen molar-refractivity contribution in [2.75, 3.05) is 20.6 Å². The third-order valence-electron chi connectivity index (χ3n) is 3.42. The van der Waals surface area contributed by atoms with Gasteiger partial charge in [-0.15, -0.1) is 0 Å². The molecule has 15 heavy (non-hydrogen) atoms. The fourth-order valence-electron chi connectivity index (χ4n) is 2.42. The molecular formula is C13H28N2. The maximum Gasteiger partial charge on any atom is 0.0220 e. The second-order valence-corrected chi connectivity index (χ2v) is 5.61. The normalized spacial score (nSPS) is 21.2. The molecule has 1 rings (SSSR count). The summed E-state index contributed by atoms with van der Waals surface area (Å²) >= 11 is 0. The molecule has 0 aliphatic heterocycles. The second kappa shape index (κ2) is 6.49. The van der Waals surface area contributed by atoms with Gasteiger partial charge in [-0.05, 0) is 32.9 Å². The SMILES string of the molecule is CC(C)C(CN(C)C)NC1CCCCC1. The van der Waals surface area contributed by atoms with Gasteiger partial charge in [0.25, 0.3) is 0 Å². The zero-order valence-corrected chi connectivity index (χ0v) is 10.9. The van der Waals surface area contributed by atoms with Crippen LogP contribution in [0.3, 0.4) is 0 Å². The van der Waals surface area contributed by atoms with Crippen molar-refractivity contribution in [2.45, 2.75) is 58.0 Å². The average Bonchev–Trinajstić information content (AvgIpc) is 2.17. The Morgan fingerprint density at radius 3 is 2.20 bits per heavy atom. The summed E-state index contributed by atoms with van der Waals surface area (Å²) in [5, 5.41) is 3.85. The molecule has 0 saturated heterocycles. The number of hydrogen-bond acceptors (Lipinski definition) is 2. The molecule has 1 unspecified atom stereocenters. The summed E-state index contributed by atoms with van der Waals surface area (Å²) in [6.07, 6.45) is 7.06. The van der Waals surface area contributed by atoms with E-state index in [1.165, 1.54) is 32.1 Å². The molecule has 2 nitrogen and oxygen atoms in total. The van der Waals surface area contributed by atoms with Gasteiger partial charge in [-0.1, -0.05) is 33.1 Å². The Labute approximate surface area is 95.4 Å². The lowest BCUT2D eigenvalue weighted by Gasteiger charge is -2.32. The zero-order valence-electron chi connectivity index (χ0n) is 10.9. The van der Waals surface area contributed by atoms with Crippen molar-refractivity contribution in [3.8, 4) is 0 Å². The fraction of sp³-hybridized carbons (Fsp3) is 1.00. The highest BCUT2D eigenvalue weighted by Gasteiger charge is 2.20. The van der Waals surface area contributed by atoms with Crippen LogP contribution in [-0.4, -0.2) is 37.6 Å². The van der Waals surface area contributed by atoms with Crippen molar-refractivity contribution < 1.29 is 0 Å². The highest BCUT2D eigenvalue weighted by Crippen LogP contribution is 2.19. The Morgan fingerprint density at radius 1 is 1.13 bits per heavy atom. The Bertz CT molecular complexity index is 160. The molecule has 0 heterocycles. The van der Waals surface area contributed by atoms with Crippen LogP contribution < -0.4 is 5.32 Å². The lowest BCUT2D eigenvalue weighted by molar-refractivity contribution is 0.245. The molecule has 1 fully saturated rings. The molecule has 90 valence electrons. The Kier molecular flexibility index (Phi) is 5.62. The third kappa shape index (κ3) is 4.98. The monoisotopic (exact) mass is 212 g/mol. The van der Waals surface area contributed by atoms with E-state index in [0.717, 1.165) is 18.5 Å². The van der Waals surface area contributed by atoms with Crippen LogP contribution in [-0.2, 0) is 0 Å². The van der Waals surface area contributed by atoms with Gasteiger partial charge in [0.2, 0.25) is 0 Å². The maximum absolute atomic E-state index is 3.85. The largest absolute Gasteiger partial charge is 0.310 e. The quantitative estimate of drug-likeness (QED) is 0.753. The first-order valence-electron chi connectivity index (χ1n) is 6.50. The summed E-state index contributed by atoms with van der Waals surface area (Å²) in [6.45, 7) is 5.81. The van der Waals surface area contributed by atoms with Gasteiger partial charge >= 0.3 is 0 Å². The first kappa shape index (κ1) is 13.0. The van der Waals surface area contributed by atoms with Crippen molar-refractivity contribution >= 4 is 0 Å². The maximum atomic E-state index is 3.85. The molecule has 0 radical (unpaired) electrons. The minimum atomic E-state index is 0.656. The zero-order chi connectivity index (χ0) is 11.3. The first-order chi connectivity index (χ1) is 7.09. The highest BCUT2D eigenvalue weighted by atomic mass is 15.1. The summed E-state index contributed by atoms with van der Waals surface area (Å²) in [6, 6.07) is 1.44. The highest BCUT2D eigenvalue weighted by molar-refractivity contribution is 4.80. The number of rotatable bonds is 5. The van der Waals surface area contributed by atoms with Crippen molar-refractivity contribution in [2.24, 2.45) is 5.92 Å². The number of nitrogens with zero attached hydrogens (tertiary/aromatic N) is 1. The smallest absolute Gasteiger partial charge is 0.0220 e. The molecule has 1 N–H and O–H groups in total. The van der Waals surface area contributed by atoms with Crippen LogP contribution in [0, 0.1) is 5.92 Å². The summed E-state index contributed by atoms with van der Waals surface area (Å²) in [5.74, 6) is 0.731. The van der Waals surface area contributed by atoms with Crippen molar-refractivity contribution in [1.29, 1.82) is 0 Å². The first-order valence-corrected chi connectivity index (χ1v) is 6.50. The molecule has 2 heteroatoms. The summed E-state index contributed by atoms with van der Waals surface area (Å²) < 4.78 is 0. The van der Waals surface area contributed by atoms with E-state index in [0.29, 0.717) is 6.04 Å². The molecule has 1 saturated carbocycles. The fourth-order valence-corrected chi connectivity index (χ4v) is 2.42. The predicted molar refractivity (Wildman–Crippen MR) is 67.2 cm³/mol. The number of likely N-dealkylation sites (N-methyl/N-ethyl adjacent to an activating group) is 1. The summed E-state index contributed by atoms with van der Waals surface area (Å²) in [7, 11) is 4.33. The third-order valence-corrected chi connectivity index (χ3v) is 3.42. The lowest BCUT2D eigenvalue weighted by atomic mass is 9.93. The van der Waals surface area contributed by atoms with E-state index in [9.17, 15) is 0 Å². The van der Waals surface area contributed by atoms with E-state index in [2.05, 4.69) is 38.2 Å². The van der Waals surface area contributed by atoms with Crippen LogP contribution >= 0.6 is 0 Å². The standard InChI is InChI=1S/C13H28N2/c1-11(2)13(10-15(3)4)14-12-8-6-5-7-9-12/h11-14H,5-10H2,1-4H3. The van der Waals surface area contributed by atoms with Crippen molar-refractivity contribution in [3.63, 3.8) is 0 Å². The van der Waals surface area contributed by atoms with E-state index >= 15 is 0 Å². The minimum Gasteiger partial charge on any atom is -0.310 e. The van der Waals surface area contributed by atoms with Crippen LogP contribution in [0.25, 0.3) is 0 Å². The molecule has 0 amide bonds. The van der Waals surface area contributed by atoms with E-state index in [1.54, 1.807) is 0 Å². The molecule has 0 aromatic rings. The molecule has 1 aliphatic rings. The Morgan fingerprint density at radius 2 is 1.73 bits per heavy atom. The predicted octanol–water partition coefficient (Wildman–Crippen LogP) is 2.49. The number of hydrogen-bond donors (Lipinski definition) is 1. The van der Waals surface area contributed by atoms with Gasteiger partial charge in [-0.25, -0.2) is 0 Å². The lowest BCUT2D eigenvalue weighted by Crippen LogP contribution is -2.47.